The summed E-state index contributed by atoms with van der Waals surface area (Å²) in [6, 6.07) is 9.95. The second-order valence-corrected chi connectivity index (χ2v) is 13.3. The minimum atomic E-state index is -2.23. The highest BCUT2D eigenvalue weighted by Gasteiger charge is 2.76. The number of rotatable bonds is 8. The average Bonchev–Trinajstić information content (AvgIpc) is 3.09. The van der Waals surface area contributed by atoms with E-state index in [1.807, 2.05) is 44.2 Å². The molecular weight excluding hydrogens is 516 g/mol. The molecule has 0 aromatic heterocycles. The first-order valence-electron chi connectivity index (χ1n) is 14.4. The van der Waals surface area contributed by atoms with Crippen molar-refractivity contribution in [2.24, 2.45) is 34.0 Å². The summed E-state index contributed by atoms with van der Waals surface area (Å²) in [5.74, 6) is -3.01. The number of benzene rings is 1. The van der Waals surface area contributed by atoms with Gasteiger partial charge < -0.3 is 15.4 Å². The van der Waals surface area contributed by atoms with Crippen molar-refractivity contribution in [2.45, 2.75) is 77.2 Å². The van der Waals surface area contributed by atoms with Gasteiger partial charge in [-0.2, -0.15) is 5.06 Å². The Kier molecular flexibility index (Phi) is 7.37. The van der Waals surface area contributed by atoms with Crippen molar-refractivity contribution in [3.8, 4) is 0 Å². The number of carboxylic acids is 1. The fourth-order valence-electron chi connectivity index (χ4n) is 9.21. The Morgan fingerprint density at radius 2 is 1.82 bits per heavy atom. The summed E-state index contributed by atoms with van der Waals surface area (Å²) >= 11 is 0. The number of ketones is 1. The number of aliphatic hydroxyl groups is 1. The van der Waals surface area contributed by atoms with Crippen molar-refractivity contribution in [3.05, 3.63) is 59.7 Å². The van der Waals surface area contributed by atoms with Gasteiger partial charge in [0, 0.05) is 30.8 Å². The Hall–Kier alpha value is -2.42. The number of hydrogen-bond donors (Lipinski definition) is 3. The minimum absolute atomic E-state index is 0.0198. The molecule has 218 valence electrons. The van der Waals surface area contributed by atoms with Crippen LogP contribution in [0.25, 0.3) is 0 Å². The van der Waals surface area contributed by atoms with E-state index in [2.05, 4.69) is 0 Å². The Morgan fingerprint density at radius 3 is 2.50 bits per heavy atom. The van der Waals surface area contributed by atoms with Gasteiger partial charge in [-0.15, -0.1) is 0 Å². The fourth-order valence-corrected chi connectivity index (χ4v) is 9.21. The maximum absolute atomic E-state index is 17.6. The number of carboxylic acid groups (broad SMARTS) is 1. The predicted octanol–water partition coefficient (Wildman–Crippen LogP) is 5.34. The highest BCUT2D eigenvalue weighted by Crippen LogP contribution is 2.75. The monoisotopic (exact) mass is 557 g/mol. The zero-order valence-electron chi connectivity index (χ0n) is 23.5. The second kappa shape index (κ2) is 10.1. The molecule has 6 nitrogen and oxygen atoms in total. The average molecular weight is 558 g/mol. The van der Waals surface area contributed by atoms with Gasteiger partial charge in [-0.05, 0) is 85.0 Å². The van der Waals surface area contributed by atoms with E-state index in [-0.39, 0.29) is 37.3 Å². The molecule has 3 N–H and O–H groups in total. The lowest BCUT2D eigenvalue weighted by atomic mass is 9.40. The smallest absolute Gasteiger partial charge is 0.303 e. The van der Waals surface area contributed by atoms with E-state index >= 15 is 8.78 Å². The summed E-state index contributed by atoms with van der Waals surface area (Å²) < 4.78 is 33.4. The van der Waals surface area contributed by atoms with Gasteiger partial charge in [0.2, 0.25) is 0 Å². The molecule has 0 amide bonds. The van der Waals surface area contributed by atoms with Crippen molar-refractivity contribution >= 4 is 11.8 Å². The number of halogens is 2. The third kappa shape index (κ3) is 4.29. The van der Waals surface area contributed by atoms with Crippen LogP contribution in [0.4, 0.5) is 8.78 Å². The molecule has 9 unspecified atom stereocenters. The van der Waals surface area contributed by atoms with Gasteiger partial charge in [0.25, 0.3) is 0 Å². The first-order valence-corrected chi connectivity index (χ1v) is 14.4. The van der Waals surface area contributed by atoms with Crippen molar-refractivity contribution < 1.29 is 33.8 Å². The zero-order valence-corrected chi connectivity index (χ0v) is 23.5. The lowest BCUT2D eigenvalue weighted by Gasteiger charge is -2.66. The van der Waals surface area contributed by atoms with Crippen LogP contribution in [0.5, 0.6) is 0 Å². The van der Waals surface area contributed by atoms with E-state index in [1.165, 1.54) is 28.9 Å². The highest BCUT2D eigenvalue weighted by molar-refractivity contribution is 6.01. The number of hydrogen-bond acceptors (Lipinski definition) is 5. The zero-order chi connectivity index (χ0) is 29.1. The first kappa shape index (κ1) is 29.1. The third-order valence-electron chi connectivity index (χ3n) is 11.4. The second-order valence-electron chi connectivity index (χ2n) is 13.3. The summed E-state index contributed by atoms with van der Waals surface area (Å²) in [4.78, 5) is 24.2. The van der Waals surface area contributed by atoms with Crippen LogP contribution in [0.3, 0.4) is 0 Å². The topological polar surface area (TPSA) is 98.1 Å². The van der Waals surface area contributed by atoms with Crippen LogP contribution in [0, 0.1) is 34.0 Å². The van der Waals surface area contributed by atoms with Gasteiger partial charge in [-0.1, -0.05) is 50.3 Å². The fraction of sp³-hybridized carbons (Fsp3) is 0.625. The molecule has 40 heavy (non-hydrogen) atoms. The molecular formula is C32H41F2NO5. The standard InChI is InChI=1S/C32H41F2NO5/c1-29-12-11-22(36)14-24(29)25(33)16-26-31(3)17-21(19-35(40)13-7-10-20-8-5-4-6-9-20)23(15-28(38)39)30(31,2)18-27(37)32(26,29)34/h4-6,8-9,11-12,14,21,23,25-27,37,40H,7,10,13,15-19H2,1-3H3,(H,38,39). The van der Waals surface area contributed by atoms with Crippen LogP contribution in [-0.4, -0.2) is 63.3 Å². The number of alkyl halides is 2. The largest absolute Gasteiger partial charge is 0.481 e. The molecule has 1 aromatic carbocycles. The summed E-state index contributed by atoms with van der Waals surface area (Å²) in [6.45, 7) is 6.03. The van der Waals surface area contributed by atoms with Gasteiger partial charge in [0.15, 0.2) is 11.5 Å². The molecule has 0 bridgehead atoms. The van der Waals surface area contributed by atoms with Crippen LogP contribution in [0.2, 0.25) is 0 Å². The summed E-state index contributed by atoms with van der Waals surface area (Å²) in [6.07, 6.45) is 2.39. The van der Waals surface area contributed by atoms with Crippen LogP contribution in [0.15, 0.2) is 54.1 Å². The van der Waals surface area contributed by atoms with Gasteiger partial charge >= 0.3 is 5.97 Å². The molecule has 4 aliphatic rings. The maximum atomic E-state index is 17.6. The number of carbonyl (C=O) groups is 2. The van der Waals surface area contributed by atoms with Crippen molar-refractivity contribution in [2.75, 3.05) is 13.1 Å². The Balaban J connectivity index is 1.44. The quantitative estimate of drug-likeness (QED) is 0.374. The normalized spacial score (nSPS) is 42.2. The molecule has 4 aliphatic carbocycles. The highest BCUT2D eigenvalue weighted by atomic mass is 19.1. The molecule has 0 radical (unpaired) electrons. The lowest BCUT2D eigenvalue weighted by molar-refractivity contribution is -0.233. The van der Waals surface area contributed by atoms with E-state index in [0.29, 0.717) is 19.4 Å². The third-order valence-corrected chi connectivity index (χ3v) is 11.4. The molecule has 0 aliphatic heterocycles. The van der Waals surface area contributed by atoms with E-state index in [9.17, 15) is 25.0 Å². The molecule has 0 spiro atoms. The van der Waals surface area contributed by atoms with E-state index < -0.39 is 57.8 Å². The van der Waals surface area contributed by atoms with Crippen LogP contribution in [-0.2, 0) is 16.0 Å². The van der Waals surface area contributed by atoms with Crippen LogP contribution < -0.4 is 0 Å². The molecule has 9 atom stereocenters. The van der Waals surface area contributed by atoms with Crippen molar-refractivity contribution in [3.63, 3.8) is 0 Å². The number of fused-ring (bicyclic) bond motifs is 5. The molecule has 1 aromatic rings. The molecule has 3 saturated carbocycles. The lowest BCUT2D eigenvalue weighted by Crippen LogP contribution is -2.70. The Bertz CT molecular complexity index is 1220. The summed E-state index contributed by atoms with van der Waals surface area (Å²) in [5, 5.41) is 33.5. The summed E-state index contributed by atoms with van der Waals surface area (Å²) in [7, 11) is 0. The van der Waals surface area contributed by atoms with Crippen molar-refractivity contribution in [1.82, 2.24) is 5.06 Å². The van der Waals surface area contributed by atoms with Crippen molar-refractivity contribution in [1.29, 1.82) is 0 Å². The number of aryl methyl sites for hydroxylation is 1. The first-order chi connectivity index (χ1) is 18.8. The number of carbonyl (C=O) groups excluding carboxylic acids is 1. The molecule has 0 saturated heterocycles. The van der Waals surface area contributed by atoms with Gasteiger partial charge in [-0.3, -0.25) is 9.59 Å². The number of aliphatic hydroxyl groups excluding tert-OH is 1. The SMILES string of the molecule is CC12C=CC(=O)C=C1C(F)CC1C3(C)CC(CN(O)CCCc4ccccc4)C(CC(=O)O)C3(C)CC(O)C12F. The van der Waals surface area contributed by atoms with E-state index in [0.717, 1.165) is 6.42 Å². The Labute approximate surface area is 234 Å². The molecule has 0 heterocycles. The predicted molar refractivity (Wildman–Crippen MR) is 146 cm³/mol. The molecule has 8 heteroatoms. The van der Waals surface area contributed by atoms with Crippen LogP contribution >= 0.6 is 0 Å². The molecule has 3 fully saturated rings. The van der Waals surface area contributed by atoms with Gasteiger partial charge in [0.1, 0.15) is 6.17 Å². The van der Waals surface area contributed by atoms with Gasteiger partial charge in [-0.25, -0.2) is 8.78 Å². The number of aliphatic carboxylic acids is 1. The number of nitrogens with zero attached hydrogens (tertiary/aromatic N) is 1. The Morgan fingerprint density at radius 1 is 1.12 bits per heavy atom. The summed E-state index contributed by atoms with van der Waals surface area (Å²) in [5.41, 5.74) is -4.13. The van der Waals surface area contributed by atoms with Gasteiger partial charge in [0.05, 0.1) is 6.10 Å². The van der Waals surface area contributed by atoms with Crippen LogP contribution in [0.1, 0.15) is 58.4 Å². The number of hydroxylamine groups is 2. The minimum Gasteiger partial charge on any atom is -0.481 e. The van der Waals surface area contributed by atoms with E-state index in [4.69, 9.17) is 0 Å². The molecule has 5 rings (SSSR count). The maximum Gasteiger partial charge on any atom is 0.303 e. The van der Waals surface area contributed by atoms with E-state index in [1.54, 1.807) is 6.92 Å². The number of allylic oxidation sites excluding steroid dienone is 4.